The Bertz CT molecular complexity index is 985. The maximum Gasteiger partial charge on any atom is 0.197 e. The topological polar surface area (TPSA) is 45.8 Å². The molecule has 0 saturated heterocycles. The zero-order chi connectivity index (χ0) is 13.7. The zero-order valence-electron chi connectivity index (χ0n) is 11.0. The lowest BCUT2D eigenvalue weighted by Crippen LogP contribution is -1.99. The lowest BCUT2D eigenvalue weighted by molar-refractivity contribution is 1.27. The summed E-state index contributed by atoms with van der Waals surface area (Å²) in [6, 6.07) is 15.5. The maximum atomic E-state index is 12.6. The molecule has 2 aromatic rings. The lowest BCUT2D eigenvalue weighted by Gasteiger charge is -1.94. The van der Waals surface area contributed by atoms with Gasteiger partial charge in [-0.1, -0.05) is 36.4 Å². The van der Waals surface area contributed by atoms with Gasteiger partial charge in [-0.05, 0) is 19.1 Å². The third-order valence-corrected chi connectivity index (χ3v) is 3.72. The molecule has 1 aliphatic carbocycles. The SMILES string of the molecule is Cc1[nH]c2ccccc2nc2c3ccccc3c(=O)c1-2. The van der Waals surface area contributed by atoms with E-state index < -0.39 is 0 Å². The molecule has 0 fully saturated rings. The first kappa shape index (κ1) is 11.2. The first-order chi connectivity index (χ1) is 9.75. The summed E-state index contributed by atoms with van der Waals surface area (Å²) in [6.07, 6.45) is 0. The van der Waals surface area contributed by atoms with Crippen molar-refractivity contribution in [3.05, 3.63) is 64.4 Å². The van der Waals surface area contributed by atoms with Crippen molar-refractivity contribution < 1.29 is 0 Å². The highest BCUT2D eigenvalue weighted by atomic mass is 16.1. The van der Waals surface area contributed by atoms with Gasteiger partial charge in [-0.15, -0.1) is 0 Å². The van der Waals surface area contributed by atoms with Gasteiger partial charge >= 0.3 is 0 Å². The van der Waals surface area contributed by atoms with Crippen molar-refractivity contribution >= 4 is 21.8 Å². The molecule has 1 N–H and O–H groups in total. The predicted molar refractivity (Wildman–Crippen MR) is 81.2 cm³/mol. The van der Waals surface area contributed by atoms with E-state index in [9.17, 15) is 4.79 Å². The molecule has 3 heteroatoms. The van der Waals surface area contributed by atoms with E-state index in [1.165, 1.54) is 0 Å². The average molecular weight is 260 g/mol. The maximum absolute atomic E-state index is 12.6. The van der Waals surface area contributed by atoms with E-state index in [4.69, 9.17) is 4.98 Å². The molecule has 0 amide bonds. The van der Waals surface area contributed by atoms with E-state index in [1.807, 2.05) is 55.5 Å². The Labute approximate surface area is 115 Å². The summed E-state index contributed by atoms with van der Waals surface area (Å²) in [6.45, 7) is 1.93. The van der Waals surface area contributed by atoms with E-state index >= 15 is 0 Å². The number of para-hydroxylation sites is 2. The van der Waals surface area contributed by atoms with E-state index in [2.05, 4.69) is 4.98 Å². The molecular formula is C17H12N2O. The van der Waals surface area contributed by atoms with Gasteiger partial charge in [0.2, 0.25) is 0 Å². The minimum atomic E-state index is 0.0529. The van der Waals surface area contributed by atoms with Crippen LogP contribution in [0.25, 0.3) is 33.1 Å². The number of aryl methyl sites for hydroxylation is 1. The van der Waals surface area contributed by atoms with Gasteiger partial charge in [0.25, 0.3) is 0 Å². The minimum absolute atomic E-state index is 0.0529. The van der Waals surface area contributed by atoms with Crippen LogP contribution in [0.3, 0.4) is 0 Å². The molecule has 0 bridgehead atoms. The average Bonchev–Trinajstić information content (AvgIpc) is 2.65. The predicted octanol–water partition coefficient (Wildman–Crippen LogP) is 3.49. The van der Waals surface area contributed by atoms with Crippen LogP contribution in [0.1, 0.15) is 5.69 Å². The van der Waals surface area contributed by atoms with Crippen LogP contribution in [0.4, 0.5) is 0 Å². The summed E-state index contributed by atoms with van der Waals surface area (Å²) in [5.41, 5.74) is 4.17. The van der Waals surface area contributed by atoms with Crippen molar-refractivity contribution in [2.75, 3.05) is 0 Å². The second-order valence-electron chi connectivity index (χ2n) is 4.98. The fourth-order valence-corrected chi connectivity index (χ4v) is 2.79. The van der Waals surface area contributed by atoms with Crippen molar-refractivity contribution in [2.45, 2.75) is 6.92 Å². The van der Waals surface area contributed by atoms with Crippen molar-refractivity contribution in [1.29, 1.82) is 0 Å². The third-order valence-electron chi connectivity index (χ3n) is 3.72. The van der Waals surface area contributed by atoms with Gasteiger partial charge in [-0.25, -0.2) is 4.98 Å². The molecule has 20 heavy (non-hydrogen) atoms. The van der Waals surface area contributed by atoms with Crippen LogP contribution in [0, 0.1) is 6.92 Å². The monoisotopic (exact) mass is 260 g/mol. The number of aromatic nitrogens is 2. The van der Waals surface area contributed by atoms with Gasteiger partial charge in [0, 0.05) is 16.5 Å². The normalized spacial score (nSPS) is 11.4. The molecule has 0 saturated carbocycles. The number of rotatable bonds is 0. The summed E-state index contributed by atoms with van der Waals surface area (Å²) in [7, 11) is 0. The van der Waals surface area contributed by atoms with Crippen LogP contribution < -0.4 is 5.43 Å². The zero-order valence-corrected chi connectivity index (χ0v) is 11.0. The first-order valence-electron chi connectivity index (χ1n) is 6.56. The number of fused-ring (bicyclic) bond motifs is 4. The summed E-state index contributed by atoms with van der Waals surface area (Å²) < 4.78 is 0. The Morgan fingerprint density at radius 1 is 0.950 bits per heavy atom. The number of nitrogens with zero attached hydrogens (tertiary/aromatic N) is 1. The first-order valence-corrected chi connectivity index (χ1v) is 6.56. The summed E-state index contributed by atoms with van der Waals surface area (Å²) >= 11 is 0. The highest BCUT2D eigenvalue weighted by Crippen LogP contribution is 2.29. The van der Waals surface area contributed by atoms with Crippen LogP contribution in [0.15, 0.2) is 53.3 Å². The highest BCUT2D eigenvalue weighted by Gasteiger charge is 2.19. The van der Waals surface area contributed by atoms with Gasteiger partial charge in [-0.2, -0.15) is 0 Å². The molecule has 0 aromatic heterocycles. The van der Waals surface area contributed by atoms with Gasteiger partial charge < -0.3 is 4.98 Å². The number of benzene rings is 2. The lowest BCUT2D eigenvalue weighted by atomic mass is 10.2. The summed E-state index contributed by atoms with van der Waals surface area (Å²) in [5, 5.41) is 1.66. The van der Waals surface area contributed by atoms with Gasteiger partial charge in [0.15, 0.2) is 5.43 Å². The Morgan fingerprint density at radius 3 is 2.50 bits per heavy atom. The quantitative estimate of drug-likeness (QED) is 0.526. The number of aromatic amines is 1. The molecule has 2 aliphatic rings. The highest BCUT2D eigenvalue weighted by molar-refractivity contribution is 6.01. The van der Waals surface area contributed by atoms with Gasteiger partial charge in [-0.3, -0.25) is 4.79 Å². The standard InChI is InChI=1S/C17H12N2O/c1-10-15-16(11-6-2-3-7-12(11)17(15)20)19-14-9-5-4-8-13(14)18-10/h2-9,18H,1H3. The van der Waals surface area contributed by atoms with E-state index in [-0.39, 0.29) is 5.43 Å². The largest absolute Gasteiger partial charge is 0.357 e. The van der Waals surface area contributed by atoms with E-state index in [1.54, 1.807) is 0 Å². The molecule has 0 atom stereocenters. The molecule has 2 aromatic carbocycles. The van der Waals surface area contributed by atoms with Crippen molar-refractivity contribution in [1.82, 2.24) is 9.97 Å². The number of nitrogens with one attached hydrogen (secondary N) is 1. The second-order valence-corrected chi connectivity index (χ2v) is 4.98. The molecule has 3 nitrogen and oxygen atoms in total. The van der Waals surface area contributed by atoms with Crippen LogP contribution >= 0.6 is 0 Å². The molecule has 0 spiro atoms. The Morgan fingerprint density at radius 2 is 1.65 bits per heavy atom. The van der Waals surface area contributed by atoms with Crippen molar-refractivity contribution in [3.63, 3.8) is 0 Å². The smallest absolute Gasteiger partial charge is 0.197 e. The number of hydrogen-bond acceptors (Lipinski definition) is 2. The van der Waals surface area contributed by atoms with E-state index in [0.717, 1.165) is 33.2 Å². The Hall–Kier alpha value is -2.68. The Balaban J connectivity index is 2.34. The molecule has 1 aliphatic heterocycles. The molecule has 1 heterocycles. The van der Waals surface area contributed by atoms with Crippen LogP contribution in [0.5, 0.6) is 0 Å². The van der Waals surface area contributed by atoms with Crippen LogP contribution in [-0.2, 0) is 0 Å². The number of H-pyrrole nitrogens is 1. The van der Waals surface area contributed by atoms with E-state index in [0.29, 0.717) is 5.56 Å². The van der Waals surface area contributed by atoms with Crippen molar-refractivity contribution in [2.24, 2.45) is 0 Å². The molecular weight excluding hydrogens is 248 g/mol. The van der Waals surface area contributed by atoms with Crippen molar-refractivity contribution in [3.8, 4) is 11.3 Å². The van der Waals surface area contributed by atoms with Gasteiger partial charge in [0.1, 0.15) is 0 Å². The fraction of sp³-hybridized carbons (Fsp3) is 0.0588. The summed E-state index contributed by atoms with van der Waals surface area (Å²) in [5.74, 6) is 0. The number of hydrogen-bond donors (Lipinski definition) is 1. The van der Waals surface area contributed by atoms with Gasteiger partial charge in [0.05, 0.1) is 22.3 Å². The fourth-order valence-electron chi connectivity index (χ4n) is 2.79. The van der Waals surface area contributed by atoms with Crippen LogP contribution in [0.2, 0.25) is 0 Å². The second kappa shape index (κ2) is 3.90. The molecule has 96 valence electrons. The Kier molecular flexibility index (Phi) is 2.18. The third kappa shape index (κ3) is 1.40. The molecule has 0 radical (unpaired) electrons. The van der Waals surface area contributed by atoms with Crippen LogP contribution in [-0.4, -0.2) is 9.97 Å². The molecule has 4 rings (SSSR count). The molecule has 0 unspecified atom stereocenters. The summed E-state index contributed by atoms with van der Waals surface area (Å²) in [4.78, 5) is 20.6. The minimum Gasteiger partial charge on any atom is -0.357 e.